The molecule has 0 atom stereocenters. The van der Waals surface area contributed by atoms with Crippen LogP contribution < -0.4 is 0 Å². The average molecular weight is 326 g/mol. The van der Waals surface area contributed by atoms with Gasteiger partial charge in [0, 0.05) is 29.9 Å². The molecule has 0 fully saturated rings. The highest BCUT2D eigenvalue weighted by Gasteiger charge is 2.08. The first-order valence-corrected chi connectivity index (χ1v) is 7.31. The number of fused-ring (bicyclic) bond motifs is 1. The first-order chi connectivity index (χ1) is 11.1. The Morgan fingerprint density at radius 3 is 2.78 bits per heavy atom. The summed E-state index contributed by atoms with van der Waals surface area (Å²) in [5.41, 5.74) is 3.02. The van der Waals surface area contributed by atoms with E-state index in [1.54, 1.807) is 18.5 Å². The third kappa shape index (κ3) is 3.68. The molecule has 2 heterocycles. The van der Waals surface area contributed by atoms with Gasteiger partial charge in [-0.25, -0.2) is 4.98 Å². The number of pyridine rings is 1. The molecule has 0 unspecified atom stereocenters. The van der Waals surface area contributed by atoms with E-state index in [0.29, 0.717) is 28.3 Å². The number of H-pyrrole nitrogens is 1. The molecule has 5 nitrogen and oxygen atoms in total. The molecule has 6 heteroatoms. The molecule has 0 saturated carbocycles. The molecule has 3 rings (SSSR count). The maximum absolute atomic E-state index is 10.6. The lowest BCUT2D eigenvalue weighted by atomic mass is 10.2. The number of aliphatic carboxylic acids is 1. The summed E-state index contributed by atoms with van der Waals surface area (Å²) in [4.78, 5) is 22.0. The van der Waals surface area contributed by atoms with Crippen LogP contribution in [0.3, 0.4) is 0 Å². The minimum absolute atomic E-state index is 0.0300. The smallest absolute Gasteiger partial charge is 0.303 e. The van der Waals surface area contributed by atoms with Gasteiger partial charge in [0.2, 0.25) is 0 Å². The Hall–Kier alpha value is -2.84. The molecule has 2 N–H and O–H groups in total. The number of hydrogen-bond acceptors (Lipinski definition) is 3. The molecule has 23 heavy (non-hydrogen) atoms. The highest BCUT2D eigenvalue weighted by molar-refractivity contribution is 6.32. The van der Waals surface area contributed by atoms with Gasteiger partial charge < -0.3 is 10.1 Å². The summed E-state index contributed by atoms with van der Waals surface area (Å²) in [6, 6.07) is 7.19. The van der Waals surface area contributed by atoms with E-state index >= 15 is 0 Å². The number of hydrogen-bond donors (Lipinski definition) is 2. The van der Waals surface area contributed by atoms with Crippen molar-refractivity contribution >= 4 is 28.6 Å². The lowest BCUT2D eigenvalue weighted by Gasteiger charge is -1.95. The van der Waals surface area contributed by atoms with Gasteiger partial charge in [-0.05, 0) is 24.3 Å². The minimum Gasteiger partial charge on any atom is -0.481 e. The van der Waals surface area contributed by atoms with Crippen LogP contribution in [0, 0.1) is 11.8 Å². The van der Waals surface area contributed by atoms with E-state index in [4.69, 9.17) is 16.7 Å². The maximum Gasteiger partial charge on any atom is 0.303 e. The number of carbonyl (C=O) groups is 1. The van der Waals surface area contributed by atoms with Crippen LogP contribution in [0.15, 0.2) is 36.7 Å². The van der Waals surface area contributed by atoms with Gasteiger partial charge in [0.25, 0.3) is 0 Å². The van der Waals surface area contributed by atoms with Gasteiger partial charge in [-0.2, -0.15) is 0 Å². The van der Waals surface area contributed by atoms with E-state index in [1.807, 2.05) is 18.2 Å². The molecule has 1 aromatic carbocycles. The van der Waals surface area contributed by atoms with Crippen molar-refractivity contribution in [2.75, 3.05) is 0 Å². The summed E-state index contributed by atoms with van der Waals surface area (Å²) in [6.07, 6.45) is 3.73. The normalized spacial score (nSPS) is 10.3. The molecule has 114 valence electrons. The molecule has 0 aliphatic heterocycles. The van der Waals surface area contributed by atoms with Gasteiger partial charge in [-0.1, -0.05) is 23.4 Å². The number of carboxylic acids is 1. The van der Waals surface area contributed by atoms with E-state index < -0.39 is 5.97 Å². The molecule has 0 aliphatic carbocycles. The Labute approximate surface area is 137 Å². The molecule has 0 saturated heterocycles. The second-order valence-electron chi connectivity index (χ2n) is 4.91. The summed E-state index contributed by atoms with van der Waals surface area (Å²) in [5, 5.41) is 9.24. The zero-order chi connectivity index (χ0) is 16.2. The molecule has 0 spiro atoms. The maximum atomic E-state index is 10.6. The largest absolute Gasteiger partial charge is 0.481 e. The summed E-state index contributed by atoms with van der Waals surface area (Å²) in [5.74, 6) is 5.82. The Bertz CT molecular complexity index is 923. The van der Waals surface area contributed by atoms with Crippen LogP contribution >= 0.6 is 11.6 Å². The monoisotopic (exact) mass is 325 g/mol. The number of nitrogens with zero attached hydrogens (tertiary/aromatic N) is 2. The summed E-state index contributed by atoms with van der Waals surface area (Å²) >= 11 is 6.24. The second-order valence-corrected chi connectivity index (χ2v) is 5.32. The highest BCUT2D eigenvalue weighted by atomic mass is 35.5. The Balaban J connectivity index is 1.91. The number of imidazole rings is 1. The zero-order valence-corrected chi connectivity index (χ0v) is 12.8. The SMILES string of the molecule is O=C(O)CCc1nc2cc(Cl)c(C#Cc3ccncc3)cc2[nH]1. The van der Waals surface area contributed by atoms with Crippen LogP contribution in [0.5, 0.6) is 0 Å². The lowest BCUT2D eigenvalue weighted by molar-refractivity contribution is -0.137. The molecule has 0 bridgehead atoms. The quantitative estimate of drug-likeness (QED) is 0.725. The molecule has 2 aromatic heterocycles. The number of aromatic amines is 1. The van der Waals surface area contributed by atoms with Crippen LogP contribution in [-0.4, -0.2) is 26.0 Å². The van der Waals surface area contributed by atoms with Crippen molar-refractivity contribution in [2.45, 2.75) is 12.8 Å². The fourth-order valence-corrected chi connectivity index (χ4v) is 2.30. The third-order valence-corrected chi connectivity index (χ3v) is 3.53. The van der Waals surface area contributed by atoms with Crippen LogP contribution in [0.4, 0.5) is 0 Å². The molecular formula is C17H12ClN3O2. The van der Waals surface area contributed by atoms with E-state index in [-0.39, 0.29) is 6.42 Å². The predicted octanol–water partition coefficient (Wildman–Crippen LogP) is 3.03. The van der Waals surface area contributed by atoms with Gasteiger partial charge in [0.05, 0.1) is 22.5 Å². The summed E-state index contributed by atoms with van der Waals surface area (Å²) < 4.78 is 0. The zero-order valence-electron chi connectivity index (χ0n) is 12.0. The van der Waals surface area contributed by atoms with Crippen molar-refractivity contribution in [3.05, 3.63) is 58.6 Å². The number of rotatable bonds is 3. The first-order valence-electron chi connectivity index (χ1n) is 6.94. The Kier molecular flexibility index (Phi) is 4.26. The molecule has 3 aromatic rings. The Morgan fingerprint density at radius 1 is 1.26 bits per heavy atom. The first kappa shape index (κ1) is 15.1. The summed E-state index contributed by atoms with van der Waals surface area (Å²) in [7, 11) is 0. The average Bonchev–Trinajstić information content (AvgIpc) is 2.93. The number of aryl methyl sites for hydroxylation is 1. The van der Waals surface area contributed by atoms with E-state index in [2.05, 4.69) is 26.8 Å². The molecule has 0 amide bonds. The highest BCUT2D eigenvalue weighted by Crippen LogP contribution is 2.22. The van der Waals surface area contributed by atoms with Crippen molar-refractivity contribution in [3.8, 4) is 11.8 Å². The molecule has 0 radical (unpaired) electrons. The van der Waals surface area contributed by atoms with Crippen molar-refractivity contribution in [1.82, 2.24) is 15.0 Å². The van der Waals surface area contributed by atoms with Crippen molar-refractivity contribution < 1.29 is 9.90 Å². The summed E-state index contributed by atoms with van der Waals surface area (Å²) in [6.45, 7) is 0. The van der Waals surface area contributed by atoms with Crippen molar-refractivity contribution in [2.24, 2.45) is 0 Å². The van der Waals surface area contributed by atoms with Crippen LogP contribution in [0.2, 0.25) is 5.02 Å². The predicted molar refractivity (Wildman–Crippen MR) is 87.3 cm³/mol. The van der Waals surface area contributed by atoms with E-state index in [9.17, 15) is 4.79 Å². The molecule has 0 aliphatic rings. The number of nitrogens with one attached hydrogen (secondary N) is 1. The van der Waals surface area contributed by atoms with Gasteiger partial charge in [0.1, 0.15) is 5.82 Å². The van der Waals surface area contributed by atoms with Crippen molar-refractivity contribution in [3.63, 3.8) is 0 Å². The number of benzene rings is 1. The fraction of sp³-hybridized carbons (Fsp3) is 0.118. The number of carboxylic acid groups (broad SMARTS) is 1. The minimum atomic E-state index is -0.854. The van der Waals surface area contributed by atoms with Crippen molar-refractivity contribution in [1.29, 1.82) is 0 Å². The second kappa shape index (κ2) is 6.51. The number of halogens is 1. The lowest BCUT2D eigenvalue weighted by Crippen LogP contribution is -1.98. The van der Waals surface area contributed by atoms with Crippen LogP contribution in [0.1, 0.15) is 23.4 Å². The van der Waals surface area contributed by atoms with E-state index in [0.717, 1.165) is 11.1 Å². The standard InChI is InChI=1S/C17H12ClN3O2/c18-13-10-15-14(20-16(21-15)3-4-17(22)23)9-12(13)2-1-11-5-7-19-8-6-11/h5-10H,3-4H2,(H,20,21)(H,22,23). The van der Waals surface area contributed by atoms with Crippen LogP contribution in [-0.2, 0) is 11.2 Å². The van der Waals surface area contributed by atoms with Gasteiger partial charge >= 0.3 is 5.97 Å². The Morgan fingerprint density at radius 2 is 2.04 bits per heavy atom. The van der Waals surface area contributed by atoms with Gasteiger partial charge in [-0.3, -0.25) is 9.78 Å². The van der Waals surface area contributed by atoms with Crippen LogP contribution in [0.25, 0.3) is 11.0 Å². The number of aromatic nitrogens is 3. The van der Waals surface area contributed by atoms with Gasteiger partial charge in [0.15, 0.2) is 0 Å². The van der Waals surface area contributed by atoms with Gasteiger partial charge in [-0.15, -0.1) is 0 Å². The fourth-order valence-electron chi connectivity index (χ4n) is 2.10. The van der Waals surface area contributed by atoms with E-state index in [1.165, 1.54) is 0 Å². The third-order valence-electron chi connectivity index (χ3n) is 3.22. The molecular weight excluding hydrogens is 314 g/mol. The topological polar surface area (TPSA) is 78.9 Å².